The third-order valence-electron chi connectivity index (χ3n) is 4.59. The first-order chi connectivity index (χ1) is 11.8. The van der Waals surface area contributed by atoms with Gasteiger partial charge in [0.25, 0.3) is 5.91 Å². The average Bonchev–Trinajstić information content (AvgIpc) is 2.68. The molecule has 1 aliphatic rings. The van der Waals surface area contributed by atoms with E-state index in [0.717, 1.165) is 35.9 Å². The van der Waals surface area contributed by atoms with E-state index < -0.39 is 0 Å². The zero-order valence-electron chi connectivity index (χ0n) is 13.3. The molecule has 1 amide bonds. The van der Waals surface area contributed by atoms with E-state index >= 15 is 0 Å². The lowest BCUT2D eigenvalue weighted by Gasteiger charge is -2.32. The molecule has 1 saturated heterocycles. The molecule has 3 heterocycles. The zero-order valence-corrected chi connectivity index (χ0v) is 13.3. The number of rotatable bonds is 2. The fourth-order valence-corrected chi connectivity index (χ4v) is 3.36. The number of nitrogens with zero attached hydrogens (tertiary/aromatic N) is 4. The van der Waals surface area contributed by atoms with Crippen LogP contribution in [-0.4, -0.2) is 38.8 Å². The number of aromatic nitrogens is 3. The number of benzene rings is 1. The lowest BCUT2D eigenvalue weighted by Crippen LogP contribution is -2.39. The quantitative estimate of drug-likeness (QED) is 0.728. The van der Waals surface area contributed by atoms with Gasteiger partial charge in [-0.25, -0.2) is 0 Å². The fourth-order valence-electron chi connectivity index (χ4n) is 3.36. The maximum absolute atomic E-state index is 13.0. The highest BCUT2D eigenvalue weighted by Gasteiger charge is 2.27. The SMILES string of the molecule is O=C(c1nccc2ccccc12)N1CCC[C@H](c2cnccn2)C1. The molecule has 1 aliphatic heterocycles. The number of amides is 1. The summed E-state index contributed by atoms with van der Waals surface area (Å²) in [5, 5.41) is 1.95. The van der Waals surface area contributed by atoms with Crippen LogP contribution in [0.3, 0.4) is 0 Å². The minimum Gasteiger partial charge on any atom is -0.337 e. The number of carbonyl (C=O) groups is 1. The number of pyridine rings is 1. The number of fused-ring (bicyclic) bond motifs is 1. The summed E-state index contributed by atoms with van der Waals surface area (Å²) in [6.07, 6.45) is 8.90. The normalized spacial score (nSPS) is 17.8. The molecule has 0 N–H and O–H groups in total. The van der Waals surface area contributed by atoms with Gasteiger partial charge in [0.15, 0.2) is 0 Å². The number of piperidine rings is 1. The molecule has 4 rings (SSSR count). The third-order valence-corrected chi connectivity index (χ3v) is 4.59. The Morgan fingerprint density at radius 3 is 2.88 bits per heavy atom. The highest BCUT2D eigenvalue weighted by Crippen LogP contribution is 2.27. The van der Waals surface area contributed by atoms with Gasteiger partial charge < -0.3 is 4.90 Å². The Kier molecular flexibility index (Phi) is 3.91. The second-order valence-electron chi connectivity index (χ2n) is 6.10. The van der Waals surface area contributed by atoms with Crippen molar-refractivity contribution in [1.82, 2.24) is 19.9 Å². The van der Waals surface area contributed by atoms with Crippen LogP contribution in [0.25, 0.3) is 10.8 Å². The van der Waals surface area contributed by atoms with E-state index in [4.69, 9.17) is 0 Å². The monoisotopic (exact) mass is 318 g/mol. The smallest absolute Gasteiger partial charge is 0.273 e. The van der Waals surface area contributed by atoms with Gasteiger partial charge in [0.1, 0.15) is 5.69 Å². The van der Waals surface area contributed by atoms with Crippen molar-refractivity contribution in [1.29, 1.82) is 0 Å². The van der Waals surface area contributed by atoms with E-state index in [1.54, 1.807) is 24.8 Å². The van der Waals surface area contributed by atoms with Gasteiger partial charge in [0.2, 0.25) is 0 Å². The molecule has 1 atom stereocenters. The third kappa shape index (κ3) is 2.73. The minimum absolute atomic E-state index is 0.000361. The molecular formula is C19H18N4O. The Hall–Kier alpha value is -2.82. The summed E-state index contributed by atoms with van der Waals surface area (Å²) in [4.78, 5) is 27.8. The van der Waals surface area contributed by atoms with E-state index in [2.05, 4.69) is 15.0 Å². The highest BCUT2D eigenvalue weighted by molar-refractivity contribution is 6.05. The second-order valence-corrected chi connectivity index (χ2v) is 6.10. The molecule has 0 radical (unpaired) electrons. The van der Waals surface area contributed by atoms with Crippen LogP contribution in [0.15, 0.2) is 55.1 Å². The van der Waals surface area contributed by atoms with Crippen LogP contribution in [-0.2, 0) is 0 Å². The van der Waals surface area contributed by atoms with Crippen LogP contribution >= 0.6 is 0 Å². The van der Waals surface area contributed by atoms with Gasteiger partial charge >= 0.3 is 0 Å². The van der Waals surface area contributed by atoms with Crippen LogP contribution in [0.1, 0.15) is 34.9 Å². The van der Waals surface area contributed by atoms with Crippen molar-refractivity contribution in [2.75, 3.05) is 13.1 Å². The van der Waals surface area contributed by atoms with Crippen LogP contribution in [0.4, 0.5) is 0 Å². The Bertz CT molecular complexity index is 860. The van der Waals surface area contributed by atoms with Crippen LogP contribution in [0.5, 0.6) is 0 Å². The van der Waals surface area contributed by atoms with Crippen molar-refractivity contribution >= 4 is 16.7 Å². The molecule has 0 spiro atoms. The zero-order chi connectivity index (χ0) is 16.4. The lowest BCUT2D eigenvalue weighted by molar-refractivity contribution is 0.0702. The predicted molar refractivity (Wildman–Crippen MR) is 91.7 cm³/mol. The van der Waals surface area contributed by atoms with Gasteiger partial charge in [0.05, 0.1) is 5.69 Å². The first-order valence-corrected chi connectivity index (χ1v) is 8.22. The molecule has 0 aliphatic carbocycles. The van der Waals surface area contributed by atoms with Gasteiger partial charge in [0, 0.05) is 49.2 Å². The largest absolute Gasteiger partial charge is 0.337 e. The Morgan fingerprint density at radius 2 is 2.00 bits per heavy atom. The first-order valence-electron chi connectivity index (χ1n) is 8.22. The summed E-state index contributed by atoms with van der Waals surface area (Å²) in [6, 6.07) is 9.82. The molecular weight excluding hydrogens is 300 g/mol. The standard InChI is InChI=1S/C19H18N4O/c24-19(18-16-6-2-1-4-14(16)7-8-22-18)23-11-3-5-15(13-23)17-12-20-9-10-21-17/h1-2,4,6-10,12,15H,3,5,11,13H2/t15-/m0/s1. The van der Waals surface area contributed by atoms with Crippen molar-refractivity contribution in [3.05, 3.63) is 66.5 Å². The van der Waals surface area contributed by atoms with E-state index in [1.807, 2.05) is 35.2 Å². The van der Waals surface area contributed by atoms with Gasteiger partial charge in [-0.2, -0.15) is 0 Å². The summed E-state index contributed by atoms with van der Waals surface area (Å²) in [5.74, 6) is 0.242. The summed E-state index contributed by atoms with van der Waals surface area (Å²) in [5.41, 5.74) is 1.49. The second kappa shape index (κ2) is 6.35. The highest BCUT2D eigenvalue weighted by atomic mass is 16.2. The Morgan fingerprint density at radius 1 is 1.08 bits per heavy atom. The molecule has 1 fully saturated rings. The van der Waals surface area contributed by atoms with Crippen molar-refractivity contribution in [2.45, 2.75) is 18.8 Å². The van der Waals surface area contributed by atoms with Crippen LogP contribution in [0.2, 0.25) is 0 Å². The molecule has 5 nitrogen and oxygen atoms in total. The lowest BCUT2D eigenvalue weighted by atomic mass is 9.94. The summed E-state index contributed by atoms with van der Waals surface area (Å²) in [7, 11) is 0. The Balaban J connectivity index is 1.62. The first kappa shape index (κ1) is 14.8. The van der Waals surface area contributed by atoms with E-state index in [-0.39, 0.29) is 11.8 Å². The van der Waals surface area contributed by atoms with Gasteiger partial charge in [-0.15, -0.1) is 0 Å². The summed E-state index contributed by atoms with van der Waals surface area (Å²) < 4.78 is 0. The number of carbonyl (C=O) groups excluding carboxylic acids is 1. The summed E-state index contributed by atoms with van der Waals surface area (Å²) >= 11 is 0. The van der Waals surface area contributed by atoms with Gasteiger partial charge in [-0.3, -0.25) is 19.7 Å². The van der Waals surface area contributed by atoms with E-state index in [9.17, 15) is 4.79 Å². The van der Waals surface area contributed by atoms with E-state index in [0.29, 0.717) is 12.2 Å². The predicted octanol–water partition coefficient (Wildman–Crippen LogP) is 3.04. The van der Waals surface area contributed by atoms with Crippen molar-refractivity contribution in [3.63, 3.8) is 0 Å². The van der Waals surface area contributed by atoms with Crippen molar-refractivity contribution < 1.29 is 4.79 Å². The number of likely N-dealkylation sites (tertiary alicyclic amines) is 1. The molecule has 24 heavy (non-hydrogen) atoms. The molecule has 120 valence electrons. The van der Waals surface area contributed by atoms with E-state index in [1.165, 1.54) is 0 Å². The topological polar surface area (TPSA) is 59.0 Å². The average molecular weight is 318 g/mol. The number of hydrogen-bond donors (Lipinski definition) is 0. The van der Waals surface area contributed by atoms with Crippen LogP contribution < -0.4 is 0 Å². The summed E-state index contributed by atoms with van der Waals surface area (Å²) in [6.45, 7) is 1.43. The number of hydrogen-bond acceptors (Lipinski definition) is 4. The minimum atomic E-state index is 0.000361. The maximum atomic E-state index is 13.0. The fraction of sp³-hybridized carbons (Fsp3) is 0.263. The molecule has 3 aromatic rings. The molecule has 0 unspecified atom stereocenters. The Labute approximate surface area is 140 Å². The molecule has 2 aromatic heterocycles. The van der Waals surface area contributed by atoms with Gasteiger partial charge in [-0.1, -0.05) is 24.3 Å². The molecule has 0 bridgehead atoms. The molecule has 1 aromatic carbocycles. The van der Waals surface area contributed by atoms with Gasteiger partial charge in [-0.05, 0) is 24.3 Å². The van der Waals surface area contributed by atoms with Crippen molar-refractivity contribution in [3.8, 4) is 0 Å². The van der Waals surface area contributed by atoms with Crippen molar-refractivity contribution in [2.24, 2.45) is 0 Å². The van der Waals surface area contributed by atoms with Crippen LogP contribution in [0, 0.1) is 0 Å². The maximum Gasteiger partial charge on any atom is 0.273 e. The molecule has 0 saturated carbocycles. The molecule has 5 heteroatoms.